The fourth-order valence-electron chi connectivity index (χ4n) is 1.06. The maximum atomic E-state index is 11.4. The number of carbonyl (C=O) groups is 1. The molecule has 0 radical (unpaired) electrons. The highest BCUT2D eigenvalue weighted by Crippen LogP contribution is 2.15. The molecular weight excluding hydrogens is 204 g/mol. The molecule has 0 heterocycles. The van der Waals surface area contributed by atoms with Crippen molar-refractivity contribution in [1.82, 2.24) is 0 Å². The second-order valence-electron chi connectivity index (χ2n) is 2.86. The van der Waals surface area contributed by atoms with Crippen molar-refractivity contribution in [3.8, 4) is 0 Å². The van der Waals surface area contributed by atoms with E-state index in [1.54, 1.807) is 6.07 Å². The van der Waals surface area contributed by atoms with Gasteiger partial charge < -0.3 is 0 Å². The van der Waals surface area contributed by atoms with Gasteiger partial charge in [-0.15, -0.1) is 24.2 Å². The molecule has 0 aliphatic carbocycles. The topological polar surface area (TPSA) is 17.1 Å². The number of alkyl halides is 1. The van der Waals surface area contributed by atoms with Gasteiger partial charge in [0.1, 0.15) is 0 Å². The van der Waals surface area contributed by atoms with Crippen LogP contribution in [0.5, 0.6) is 0 Å². The third-order valence-electron chi connectivity index (χ3n) is 1.84. The van der Waals surface area contributed by atoms with Crippen LogP contribution in [0.3, 0.4) is 0 Å². The van der Waals surface area contributed by atoms with E-state index >= 15 is 0 Å². The summed E-state index contributed by atoms with van der Waals surface area (Å²) in [6, 6.07) is 5.46. The Morgan fingerprint density at radius 3 is 2.77 bits per heavy atom. The number of Topliss-reactive ketones (excluding diaryl/α,β-unsaturated/α-hetero) is 1. The van der Waals surface area contributed by atoms with Crippen molar-refractivity contribution in [1.29, 1.82) is 0 Å². The lowest BCUT2D eigenvalue weighted by atomic mass is 10.1. The van der Waals surface area contributed by atoms with E-state index in [4.69, 9.17) is 11.6 Å². The van der Waals surface area contributed by atoms with Crippen molar-refractivity contribution in [3.63, 3.8) is 0 Å². The number of halogens is 1. The average molecular weight is 215 g/mol. The molecule has 1 rings (SSSR count). The van der Waals surface area contributed by atoms with Crippen LogP contribution in [0.15, 0.2) is 23.1 Å². The second-order valence-corrected chi connectivity index (χ2v) is 3.72. The largest absolute Gasteiger partial charge is 0.294 e. The monoisotopic (exact) mass is 214 g/mol. The smallest absolute Gasteiger partial charge is 0.164 e. The summed E-state index contributed by atoms with van der Waals surface area (Å²) in [7, 11) is 0. The van der Waals surface area contributed by atoms with Gasteiger partial charge in [0.05, 0.1) is 0 Å². The fourth-order valence-corrected chi connectivity index (χ4v) is 1.37. The van der Waals surface area contributed by atoms with Gasteiger partial charge >= 0.3 is 0 Å². The first-order valence-electron chi connectivity index (χ1n) is 4.04. The van der Waals surface area contributed by atoms with Gasteiger partial charge in [-0.3, -0.25) is 4.79 Å². The van der Waals surface area contributed by atoms with Crippen LogP contribution in [0.25, 0.3) is 0 Å². The highest BCUT2D eigenvalue weighted by molar-refractivity contribution is 7.80. The molecule has 0 N–H and O–H groups in total. The number of aryl methyl sites for hydroxylation is 1. The summed E-state index contributed by atoms with van der Waals surface area (Å²) >= 11 is 9.71. The van der Waals surface area contributed by atoms with Crippen molar-refractivity contribution in [3.05, 3.63) is 29.3 Å². The van der Waals surface area contributed by atoms with Crippen molar-refractivity contribution < 1.29 is 4.79 Å². The molecule has 1 nitrogen and oxygen atoms in total. The Morgan fingerprint density at radius 2 is 2.23 bits per heavy atom. The Kier molecular flexibility index (Phi) is 3.82. The highest BCUT2D eigenvalue weighted by Gasteiger charge is 2.05. The molecule has 0 aromatic heterocycles. The van der Waals surface area contributed by atoms with E-state index in [2.05, 4.69) is 12.6 Å². The molecule has 0 unspecified atom stereocenters. The van der Waals surface area contributed by atoms with E-state index in [1.807, 2.05) is 19.1 Å². The van der Waals surface area contributed by atoms with E-state index in [0.717, 1.165) is 16.0 Å². The molecule has 0 aliphatic heterocycles. The zero-order valence-electron chi connectivity index (χ0n) is 7.38. The zero-order valence-corrected chi connectivity index (χ0v) is 9.03. The quantitative estimate of drug-likeness (QED) is 0.465. The summed E-state index contributed by atoms with van der Waals surface area (Å²) in [6.45, 7) is 1.93. The summed E-state index contributed by atoms with van der Waals surface area (Å²) in [6.07, 6.45) is 0.396. The van der Waals surface area contributed by atoms with Crippen LogP contribution in [-0.2, 0) is 0 Å². The van der Waals surface area contributed by atoms with E-state index in [1.165, 1.54) is 0 Å². The maximum absolute atomic E-state index is 11.4. The Balaban J connectivity index is 2.90. The van der Waals surface area contributed by atoms with Crippen LogP contribution in [0.4, 0.5) is 0 Å². The van der Waals surface area contributed by atoms with Crippen molar-refractivity contribution in [2.24, 2.45) is 0 Å². The first-order valence-corrected chi connectivity index (χ1v) is 5.02. The van der Waals surface area contributed by atoms with Gasteiger partial charge in [0.25, 0.3) is 0 Å². The molecule has 0 saturated heterocycles. The van der Waals surface area contributed by atoms with Crippen LogP contribution in [0.2, 0.25) is 0 Å². The van der Waals surface area contributed by atoms with Crippen LogP contribution in [-0.4, -0.2) is 11.7 Å². The third kappa shape index (κ3) is 2.75. The molecule has 0 fully saturated rings. The van der Waals surface area contributed by atoms with Gasteiger partial charge in [0, 0.05) is 22.8 Å². The maximum Gasteiger partial charge on any atom is 0.164 e. The Hall–Kier alpha value is -0.470. The third-order valence-corrected chi connectivity index (χ3v) is 2.53. The standard InChI is InChI=1S/C10H11ClOS/c1-7-6-8(2-3-10(7)13)9(12)4-5-11/h2-3,6,13H,4-5H2,1H3. The van der Waals surface area contributed by atoms with E-state index in [-0.39, 0.29) is 5.78 Å². The molecule has 0 saturated carbocycles. The van der Waals surface area contributed by atoms with Crippen LogP contribution < -0.4 is 0 Å². The normalized spacial score (nSPS) is 10.1. The molecule has 0 atom stereocenters. The molecule has 0 spiro atoms. The van der Waals surface area contributed by atoms with Crippen molar-refractivity contribution in [2.75, 3.05) is 5.88 Å². The van der Waals surface area contributed by atoms with Crippen LogP contribution in [0, 0.1) is 6.92 Å². The number of hydrogen-bond donors (Lipinski definition) is 1. The number of benzene rings is 1. The summed E-state index contributed by atoms with van der Waals surface area (Å²) < 4.78 is 0. The van der Waals surface area contributed by atoms with E-state index < -0.39 is 0 Å². The predicted molar refractivity (Wildman–Crippen MR) is 58.1 cm³/mol. The number of ketones is 1. The summed E-state index contributed by atoms with van der Waals surface area (Å²) in [5.74, 6) is 0.465. The summed E-state index contributed by atoms with van der Waals surface area (Å²) in [5.41, 5.74) is 1.74. The Bertz CT molecular complexity index is 323. The fraction of sp³-hybridized carbons (Fsp3) is 0.300. The lowest BCUT2D eigenvalue weighted by Crippen LogP contribution is -1.99. The molecule has 1 aromatic rings. The highest BCUT2D eigenvalue weighted by atomic mass is 35.5. The van der Waals surface area contributed by atoms with Crippen LogP contribution in [0.1, 0.15) is 22.3 Å². The van der Waals surface area contributed by atoms with Crippen molar-refractivity contribution >= 4 is 30.0 Å². The molecule has 3 heteroatoms. The SMILES string of the molecule is Cc1cc(C(=O)CCCl)ccc1S. The molecule has 0 aliphatic rings. The lowest BCUT2D eigenvalue weighted by molar-refractivity contribution is 0.0989. The number of hydrogen-bond acceptors (Lipinski definition) is 2. The predicted octanol–water partition coefficient (Wildman–Crippen LogP) is 3.10. The molecule has 13 heavy (non-hydrogen) atoms. The van der Waals surface area contributed by atoms with E-state index in [0.29, 0.717) is 12.3 Å². The first kappa shape index (κ1) is 10.6. The number of carbonyl (C=O) groups excluding carboxylic acids is 1. The molecule has 70 valence electrons. The summed E-state index contributed by atoms with van der Waals surface area (Å²) in [4.78, 5) is 12.3. The lowest BCUT2D eigenvalue weighted by Gasteiger charge is -2.02. The Morgan fingerprint density at radius 1 is 1.54 bits per heavy atom. The number of thiol groups is 1. The second kappa shape index (κ2) is 4.68. The molecule has 0 amide bonds. The van der Waals surface area contributed by atoms with E-state index in [9.17, 15) is 4.79 Å². The van der Waals surface area contributed by atoms with Crippen molar-refractivity contribution in [2.45, 2.75) is 18.2 Å². The molecular formula is C10H11ClOS. The Labute approximate surface area is 88.5 Å². The van der Waals surface area contributed by atoms with Gasteiger partial charge in [-0.25, -0.2) is 0 Å². The minimum atomic E-state index is 0.0893. The van der Waals surface area contributed by atoms with Gasteiger partial charge in [0.2, 0.25) is 0 Å². The minimum absolute atomic E-state index is 0.0893. The van der Waals surface area contributed by atoms with Gasteiger partial charge in [-0.05, 0) is 24.6 Å². The number of rotatable bonds is 3. The zero-order chi connectivity index (χ0) is 9.84. The summed E-state index contributed by atoms with van der Waals surface area (Å²) in [5, 5.41) is 0. The molecule has 1 aromatic carbocycles. The minimum Gasteiger partial charge on any atom is -0.294 e. The average Bonchev–Trinajstić information content (AvgIpc) is 2.10. The van der Waals surface area contributed by atoms with Gasteiger partial charge in [-0.2, -0.15) is 0 Å². The van der Waals surface area contributed by atoms with Gasteiger partial charge in [-0.1, -0.05) is 6.07 Å². The first-order chi connectivity index (χ1) is 6.15. The van der Waals surface area contributed by atoms with Gasteiger partial charge in [0.15, 0.2) is 5.78 Å². The van der Waals surface area contributed by atoms with Crippen LogP contribution >= 0.6 is 24.2 Å². The molecule has 0 bridgehead atoms.